The standard InChI is InChI=1S/C23H28N2O3/c1-16-13-18(14-19(15-24)22(26)28-12-11-27-6)17(2)25(16)21-9-7-20(8-10-21)23(3,4)5/h7-10,13-14H,11-12H2,1-6H3/b19-14+. The van der Waals surface area contributed by atoms with Gasteiger partial charge in [0.2, 0.25) is 0 Å². The minimum absolute atomic E-state index is 0.0283. The van der Waals surface area contributed by atoms with Crippen molar-refractivity contribution in [1.29, 1.82) is 5.26 Å². The molecule has 0 aliphatic rings. The predicted molar refractivity (Wildman–Crippen MR) is 110 cm³/mol. The van der Waals surface area contributed by atoms with E-state index in [-0.39, 0.29) is 17.6 Å². The molecule has 0 aliphatic heterocycles. The monoisotopic (exact) mass is 380 g/mol. The van der Waals surface area contributed by atoms with Crippen LogP contribution >= 0.6 is 0 Å². The first-order valence-electron chi connectivity index (χ1n) is 9.26. The largest absolute Gasteiger partial charge is 0.459 e. The van der Waals surface area contributed by atoms with Crippen LogP contribution in [0.15, 0.2) is 35.9 Å². The van der Waals surface area contributed by atoms with E-state index in [1.165, 1.54) is 12.7 Å². The highest BCUT2D eigenvalue weighted by Gasteiger charge is 2.16. The average Bonchev–Trinajstić information content (AvgIpc) is 2.92. The lowest BCUT2D eigenvalue weighted by Gasteiger charge is -2.20. The molecule has 0 atom stereocenters. The lowest BCUT2D eigenvalue weighted by atomic mass is 9.87. The van der Waals surface area contributed by atoms with Crippen LogP contribution < -0.4 is 0 Å². The number of carbonyl (C=O) groups is 1. The van der Waals surface area contributed by atoms with E-state index in [0.717, 1.165) is 22.6 Å². The quantitative estimate of drug-likeness (QED) is 0.321. The zero-order chi connectivity index (χ0) is 20.9. The van der Waals surface area contributed by atoms with Crippen LogP contribution in [0, 0.1) is 25.2 Å². The first-order valence-corrected chi connectivity index (χ1v) is 9.26. The molecule has 28 heavy (non-hydrogen) atoms. The highest BCUT2D eigenvalue weighted by Crippen LogP contribution is 2.26. The van der Waals surface area contributed by atoms with E-state index in [2.05, 4.69) is 49.6 Å². The van der Waals surface area contributed by atoms with Crippen molar-refractivity contribution < 1.29 is 14.3 Å². The number of nitrogens with zero attached hydrogens (tertiary/aromatic N) is 2. The summed E-state index contributed by atoms with van der Waals surface area (Å²) < 4.78 is 12.0. The Kier molecular flexibility index (Phi) is 6.82. The zero-order valence-electron chi connectivity index (χ0n) is 17.5. The Hall–Kier alpha value is -2.84. The molecule has 1 heterocycles. The number of benzene rings is 1. The van der Waals surface area contributed by atoms with Crippen molar-refractivity contribution >= 4 is 12.0 Å². The Labute approximate surface area is 167 Å². The third-order valence-electron chi connectivity index (χ3n) is 4.62. The van der Waals surface area contributed by atoms with Gasteiger partial charge in [0.15, 0.2) is 0 Å². The Morgan fingerprint density at radius 1 is 1.18 bits per heavy atom. The van der Waals surface area contributed by atoms with Gasteiger partial charge < -0.3 is 14.0 Å². The zero-order valence-corrected chi connectivity index (χ0v) is 17.5. The maximum Gasteiger partial charge on any atom is 0.348 e. The first kappa shape index (κ1) is 21.5. The molecule has 0 radical (unpaired) electrons. The topological polar surface area (TPSA) is 64.2 Å². The number of aromatic nitrogens is 1. The molecule has 0 unspecified atom stereocenters. The third-order valence-corrected chi connectivity index (χ3v) is 4.62. The van der Waals surface area contributed by atoms with Crippen molar-refractivity contribution in [1.82, 2.24) is 4.57 Å². The molecule has 0 amide bonds. The molecule has 0 saturated carbocycles. The Morgan fingerprint density at radius 2 is 1.82 bits per heavy atom. The maximum absolute atomic E-state index is 12.1. The van der Waals surface area contributed by atoms with E-state index in [9.17, 15) is 10.1 Å². The van der Waals surface area contributed by atoms with E-state index < -0.39 is 5.97 Å². The fraction of sp³-hybridized carbons (Fsp3) is 0.391. The smallest absolute Gasteiger partial charge is 0.348 e. The molecular formula is C23H28N2O3. The fourth-order valence-corrected chi connectivity index (χ4v) is 3.03. The number of hydrogen-bond donors (Lipinski definition) is 0. The highest BCUT2D eigenvalue weighted by atomic mass is 16.6. The lowest BCUT2D eigenvalue weighted by Crippen LogP contribution is -2.11. The summed E-state index contributed by atoms with van der Waals surface area (Å²) in [5.74, 6) is -0.640. The summed E-state index contributed by atoms with van der Waals surface area (Å²) in [6.45, 7) is 11.0. The van der Waals surface area contributed by atoms with Gasteiger partial charge in [-0.3, -0.25) is 0 Å². The normalized spacial score (nSPS) is 12.0. The van der Waals surface area contributed by atoms with Crippen LogP contribution in [0.4, 0.5) is 0 Å². The fourth-order valence-electron chi connectivity index (χ4n) is 3.03. The van der Waals surface area contributed by atoms with Crippen molar-refractivity contribution in [3.05, 3.63) is 58.4 Å². The number of aryl methyl sites for hydroxylation is 1. The van der Waals surface area contributed by atoms with Gasteiger partial charge in [0.1, 0.15) is 18.2 Å². The van der Waals surface area contributed by atoms with E-state index in [4.69, 9.17) is 9.47 Å². The van der Waals surface area contributed by atoms with E-state index in [1.807, 2.05) is 26.0 Å². The average molecular weight is 380 g/mol. The van der Waals surface area contributed by atoms with E-state index in [1.54, 1.807) is 6.08 Å². The molecule has 1 aromatic heterocycles. The van der Waals surface area contributed by atoms with Crippen molar-refractivity contribution in [2.75, 3.05) is 20.3 Å². The molecule has 0 saturated heterocycles. The molecule has 0 bridgehead atoms. The number of hydrogen-bond acceptors (Lipinski definition) is 4. The van der Waals surface area contributed by atoms with Gasteiger partial charge >= 0.3 is 5.97 Å². The van der Waals surface area contributed by atoms with E-state index in [0.29, 0.717) is 6.61 Å². The highest BCUT2D eigenvalue weighted by molar-refractivity contribution is 5.98. The molecule has 1 aromatic carbocycles. The van der Waals surface area contributed by atoms with Crippen molar-refractivity contribution in [3.8, 4) is 11.8 Å². The van der Waals surface area contributed by atoms with Crippen molar-refractivity contribution in [2.45, 2.75) is 40.0 Å². The molecule has 0 fully saturated rings. The molecule has 0 spiro atoms. The Bertz CT molecular complexity index is 907. The van der Waals surface area contributed by atoms with Gasteiger partial charge in [-0.15, -0.1) is 0 Å². The molecule has 148 valence electrons. The molecule has 0 N–H and O–H groups in total. The van der Waals surface area contributed by atoms with Gasteiger partial charge in [0.05, 0.1) is 6.61 Å². The number of ether oxygens (including phenoxy) is 2. The summed E-state index contributed by atoms with van der Waals surface area (Å²) in [5, 5.41) is 9.35. The minimum Gasteiger partial charge on any atom is -0.459 e. The van der Waals surface area contributed by atoms with Gasteiger partial charge in [-0.05, 0) is 54.7 Å². The van der Waals surface area contributed by atoms with Crippen LogP contribution in [0.2, 0.25) is 0 Å². The molecule has 5 nitrogen and oxygen atoms in total. The van der Waals surface area contributed by atoms with Crippen LogP contribution in [-0.4, -0.2) is 30.9 Å². The molecular weight excluding hydrogens is 352 g/mol. The summed E-state index contributed by atoms with van der Waals surface area (Å²) in [6, 6.07) is 12.4. The second-order valence-electron chi connectivity index (χ2n) is 7.76. The van der Waals surface area contributed by atoms with Crippen molar-refractivity contribution in [3.63, 3.8) is 0 Å². The van der Waals surface area contributed by atoms with E-state index >= 15 is 0 Å². The molecule has 0 aliphatic carbocycles. The minimum atomic E-state index is -0.640. The summed E-state index contributed by atoms with van der Waals surface area (Å²) in [4.78, 5) is 12.1. The van der Waals surface area contributed by atoms with Gasteiger partial charge in [-0.2, -0.15) is 5.26 Å². The van der Waals surface area contributed by atoms with Gasteiger partial charge in [0, 0.05) is 24.2 Å². The molecule has 2 rings (SSSR count). The number of methoxy groups -OCH3 is 1. The first-order chi connectivity index (χ1) is 13.2. The Morgan fingerprint density at radius 3 is 2.36 bits per heavy atom. The van der Waals surface area contributed by atoms with Crippen LogP contribution in [0.1, 0.15) is 43.3 Å². The molecule has 5 heteroatoms. The van der Waals surface area contributed by atoms with Crippen LogP contribution in [0.25, 0.3) is 11.8 Å². The number of esters is 1. The number of nitriles is 1. The second kappa shape index (κ2) is 8.90. The van der Waals surface area contributed by atoms with Crippen LogP contribution in [0.3, 0.4) is 0 Å². The lowest BCUT2D eigenvalue weighted by molar-refractivity contribution is -0.139. The summed E-state index contributed by atoms with van der Waals surface area (Å²) in [6.07, 6.45) is 1.58. The molecule has 2 aromatic rings. The van der Waals surface area contributed by atoms with Crippen LogP contribution in [0.5, 0.6) is 0 Å². The SMILES string of the molecule is COCCOC(=O)/C(C#N)=C/c1cc(C)n(-c2ccc(C(C)(C)C)cc2)c1C. The number of rotatable bonds is 6. The van der Waals surface area contributed by atoms with Crippen LogP contribution in [-0.2, 0) is 19.7 Å². The van der Waals surface area contributed by atoms with Crippen molar-refractivity contribution in [2.24, 2.45) is 0 Å². The summed E-state index contributed by atoms with van der Waals surface area (Å²) >= 11 is 0. The predicted octanol–water partition coefficient (Wildman–Crippen LogP) is 4.49. The van der Waals surface area contributed by atoms with Gasteiger partial charge in [-0.1, -0.05) is 32.9 Å². The third kappa shape index (κ3) is 4.90. The summed E-state index contributed by atoms with van der Waals surface area (Å²) in [7, 11) is 1.53. The number of carbonyl (C=O) groups excluding carboxylic acids is 1. The van der Waals surface area contributed by atoms with Gasteiger partial charge in [-0.25, -0.2) is 4.79 Å². The second-order valence-corrected chi connectivity index (χ2v) is 7.76. The Balaban J connectivity index is 2.35. The maximum atomic E-state index is 12.1. The summed E-state index contributed by atoms with van der Waals surface area (Å²) in [5.41, 5.74) is 5.18. The van der Waals surface area contributed by atoms with Gasteiger partial charge in [0.25, 0.3) is 0 Å².